The van der Waals surface area contributed by atoms with Crippen molar-refractivity contribution in [3.63, 3.8) is 0 Å². The van der Waals surface area contributed by atoms with Crippen LogP contribution < -0.4 is 5.32 Å². The number of benzene rings is 2. The lowest BCUT2D eigenvalue weighted by Gasteiger charge is -2.09. The van der Waals surface area contributed by atoms with Crippen LogP contribution in [0.5, 0.6) is 0 Å². The van der Waals surface area contributed by atoms with Crippen LogP contribution in [0.2, 0.25) is 0 Å². The fraction of sp³-hybridized carbons (Fsp3) is 0.391. The first-order valence-corrected chi connectivity index (χ1v) is 9.31. The highest BCUT2D eigenvalue weighted by atomic mass is 14.9. The van der Waals surface area contributed by atoms with E-state index in [0.717, 1.165) is 25.8 Å². The normalized spacial score (nSPS) is 13.2. The van der Waals surface area contributed by atoms with Crippen LogP contribution in [0.15, 0.2) is 54.6 Å². The van der Waals surface area contributed by atoms with Gasteiger partial charge >= 0.3 is 0 Å². The van der Waals surface area contributed by atoms with Crippen molar-refractivity contribution in [2.24, 2.45) is 0 Å². The lowest BCUT2D eigenvalue weighted by Crippen LogP contribution is -2.23. The summed E-state index contributed by atoms with van der Waals surface area (Å²) in [6.07, 6.45) is 8.17. The van der Waals surface area contributed by atoms with Crippen molar-refractivity contribution in [3.8, 4) is 0 Å². The summed E-state index contributed by atoms with van der Waals surface area (Å²) in [7, 11) is 0. The van der Waals surface area contributed by atoms with E-state index in [4.69, 9.17) is 0 Å². The molecule has 0 amide bonds. The van der Waals surface area contributed by atoms with E-state index in [-0.39, 0.29) is 0 Å². The molecule has 0 radical (unpaired) electrons. The van der Waals surface area contributed by atoms with Crippen molar-refractivity contribution in [1.82, 2.24) is 5.32 Å². The monoisotopic (exact) mass is 319 g/mol. The summed E-state index contributed by atoms with van der Waals surface area (Å²) in [5.41, 5.74) is 7.37. The van der Waals surface area contributed by atoms with Crippen LogP contribution >= 0.6 is 0 Å². The Kier molecular flexibility index (Phi) is 5.87. The lowest BCUT2D eigenvalue weighted by molar-refractivity contribution is 0.570. The van der Waals surface area contributed by atoms with Gasteiger partial charge in [0.2, 0.25) is 0 Å². The van der Waals surface area contributed by atoms with E-state index in [9.17, 15) is 0 Å². The quantitative estimate of drug-likeness (QED) is 0.660. The van der Waals surface area contributed by atoms with Crippen LogP contribution in [0.1, 0.15) is 48.9 Å². The number of hydrogen-bond acceptors (Lipinski definition) is 1. The number of aryl methyl sites for hydroxylation is 2. The van der Waals surface area contributed by atoms with Crippen LogP contribution in [0, 0.1) is 0 Å². The predicted molar refractivity (Wildman–Crippen MR) is 104 cm³/mol. The largest absolute Gasteiger partial charge is 0.315 e. The van der Waals surface area contributed by atoms with Crippen molar-refractivity contribution in [2.75, 3.05) is 6.54 Å². The second kappa shape index (κ2) is 8.30. The summed E-state index contributed by atoms with van der Waals surface area (Å²) < 4.78 is 0. The van der Waals surface area contributed by atoms with Gasteiger partial charge in [-0.15, -0.1) is 0 Å². The van der Waals surface area contributed by atoms with E-state index in [2.05, 4.69) is 73.8 Å². The summed E-state index contributed by atoms with van der Waals surface area (Å²) in [4.78, 5) is 0. The highest BCUT2D eigenvalue weighted by molar-refractivity contribution is 5.73. The van der Waals surface area contributed by atoms with Gasteiger partial charge in [-0.25, -0.2) is 0 Å². The zero-order valence-electron chi connectivity index (χ0n) is 15.0. The van der Waals surface area contributed by atoms with Crippen molar-refractivity contribution >= 4 is 5.57 Å². The molecule has 0 aromatic heterocycles. The van der Waals surface area contributed by atoms with Gasteiger partial charge in [-0.1, -0.05) is 68.5 Å². The highest BCUT2D eigenvalue weighted by Gasteiger charge is 2.12. The van der Waals surface area contributed by atoms with Gasteiger partial charge in [0.15, 0.2) is 0 Å². The zero-order valence-corrected chi connectivity index (χ0v) is 15.0. The second-order valence-corrected chi connectivity index (χ2v) is 7.12. The Labute approximate surface area is 146 Å². The predicted octanol–water partition coefficient (Wildman–Crippen LogP) is 5.19. The van der Waals surface area contributed by atoms with Gasteiger partial charge in [-0.05, 0) is 66.5 Å². The molecule has 0 atom stereocenters. The molecule has 0 heterocycles. The maximum atomic E-state index is 3.48. The third kappa shape index (κ3) is 4.58. The molecule has 0 spiro atoms. The van der Waals surface area contributed by atoms with Crippen LogP contribution in [0.4, 0.5) is 0 Å². The van der Waals surface area contributed by atoms with Crippen LogP contribution in [-0.2, 0) is 19.3 Å². The zero-order chi connectivity index (χ0) is 16.8. The first kappa shape index (κ1) is 17.0. The van der Waals surface area contributed by atoms with Gasteiger partial charge in [-0.2, -0.15) is 0 Å². The molecule has 0 bridgehead atoms. The van der Waals surface area contributed by atoms with E-state index >= 15 is 0 Å². The van der Waals surface area contributed by atoms with Gasteiger partial charge in [0.05, 0.1) is 0 Å². The third-order valence-corrected chi connectivity index (χ3v) is 4.83. The van der Waals surface area contributed by atoms with Crippen molar-refractivity contribution in [3.05, 3.63) is 76.9 Å². The Bertz CT molecular complexity index is 679. The highest BCUT2D eigenvalue weighted by Crippen LogP contribution is 2.30. The third-order valence-electron chi connectivity index (χ3n) is 4.83. The maximum Gasteiger partial charge on any atom is 0.00103 e. The first-order valence-electron chi connectivity index (χ1n) is 9.31. The fourth-order valence-electron chi connectivity index (χ4n) is 3.43. The fourth-order valence-corrected chi connectivity index (χ4v) is 3.43. The average molecular weight is 319 g/mol. The summed E-state index contributed by atoms with van der Waals surface area (Å²) >= 11 is 0. The molecule has 126 valence electrons. The molecule has 1 aliphatic rings. The number of hydrogen-bond donors (Lipinski definition) is 1. The molecule has 24 heavy (non-hydrogen) atoms. The van der Waals surface area contributed by atoms with Gasteiger partial charge in [0, 0.05) is 6.04 Å². The molecule has 1 N–H and O–H groups in total. The van der Waals surface area contributed by atoms with E-state index in [1.165, 1.54) is 40.7 Å². The van der Waals surface area contributed by atoms with Crippen molar-refractivity contribution in [2.45, 2.75) is 52.0 Å². The second-order valence-electron chi connectivity index (χ2n) is 7.12. The Morgan fingerprint density at radius 1 is 0.875 bits per heavy atom. The standard InChI is InChI=1S/C23H29N/c1-18(2)24-17-5-6-19-9-11-20(12-10-19)13-14-22-16-15-21-7-3-4-8-23(21)22/h3-4,7-12,16,18,24H,5-6,13-15,17H2,1-2H3. The van der Waals surface area contributed by atoms with Crippen molar-refractivity contribution < 1.29 is 0 Å². The molecule has 1 nitrogen and oxygen atoms in total. The molecule has 0 unspecified atom stereocenters. The minimum absolute atomic E-state index is 0.586. The molecule has 0 saturated heterocycles. The number of fused-ring (bicyclic) bond motifs is 1. The van der Waals surface area contributed by atoms with Crippen molar-refractivity contribution in [1.29, 1.82) is 0 Å². The molecule has 0 aliphatic heterocycles. The Balaban J connectivity index is 1.47. The number of nitrogens with one attached hydrogen (secondary N) is 1. The Hall–Kier alpha value is -1.86. The molecular weight excluding hydrogens is 290 g/mol. The maximum absolute atomic E-state index is 3.48. The summed E-state index contributed by atoms with van der Waals surface area (Å²) in [5, 5.41) is 3.48. The number of rotatable bonds is 8. The minimum atomic E-state index is 0.586. The first-order chi connectivity index (χ1) is 11.7. The van der Waals surface area contributed by atoms with Gasteiger partial charge in [0.1, 0.15) is 0 Å². The van der Waals surface area contributed by atoms with E-state index in [0.29, 0.717) is 6.04 Å². The Morgan fingerprint density at radius 2 is 1.58 bits per heavy atom. The van der Waals surface area contributed by atoms with E-state index in [1.54, 1.807) is 0 Å². The Morgan fingerprint density at radius 3 is 2.33 bits per heavy atom. The van der Waals surface area contributed by atoms with E-state index < -0.39 is 0 Å². The molecular formula is C23H29N. The van der Waals surface area contributed by atoms with Crippen LogP contribution in [0.25, 0.3) is 5.57 Å². The van der Waals surface area contributed by atoms with Crippen LogP contribution in [0.3, 0.4) is 0 Å². The number of allylic oxidation sites excluding steroid dienone is 2. The topological polar surface area (TPSA) is 12.0 Å². The smallest absolute Gasteiger partial charge is 0.00103 e. The molecule has 2 aromatic carbocycles. The van der Waals surface area contributed by atoms with Gasteiger partial charge in [-0.3, -0.25) is 0 Å². The minimum Gasteiger partial charge on any atom is -0.315 e. The van der Waals surface area contributed by atoms with Gasteiger partial charge in [0.25, 0.3) is 0 Å². The summed E-state index contributed by atoms with van der Waals surface area (Å²) in [6, 6.07) is 18.6. The summed E-state index contributed by atoms with van der Waals surface area (Å²) in [5.74, 6) is 0. The molecule has 1 aliphatic carbocycles. The van der Waals surface area contributed by atoms with Crippen LogP contribution in [-0.4, -0.2) is 12.6 Å². The molecule has 2 aromatic rings. The molecule has 3 rings (SSSR count). The van der Waals surface area contributed by atoms with Gasteiger partial charge < -0.3 is 5.32 Å². The SMILES string of the molecule is CC(C)NCCCc1ccc(CCC2=CCc3ccccc32)cc1. The molecule has 0 saturated carbocycles. The average Bonchev–Trinajstić information content (AvgIpc) is 3.01. The van der Waals surface area contributed by atoms with E-state index in [1.807, 2.05) is 0 Å². The summed E-state index contributed by atoms with van der Waals surface area (Å²) in [6.45, 7) is 5.51. The lowest BCUT2D eigenvalue weighted by atomic mass is 9.98. The molecule has 1 heteroatoms. The molecule has 0 fully saturated rings.